The normalized spacial score (nSPS) is 10.7. The van der Waals surface area contributed by atoms with Crippen molar-refractivity contribution in [1.29, 1.82) is 0 Å². The van der Waals surface area contributed by atoms with Gasteiger partial charge in [-0.1, -0.05) is 0 Å². The standard InChI is InChI=1S/C10H7FO3/c1-5-2-6-4-8(10(12)13)14-9(6)7(11)3-5/h2-4H,1H3,(H,12,13). The lowest BCUT2D eigenvalue weighted by Gasteiger charge is -1.93. The molecule has 1 aromatic carbocycles. The second-order valence-electron chi connectivity index (χ2n) is 3.08. The zero-order valence-corrected chi connectivity index (χ0v) is 7.37. The summed E-state index contributed by atoms with van der Waals surface area (Å²) in [7, 11) is 0. The molecule has 0 aliphatic carbocycles. The fourth-order valence-corrected chi connectivity index (χ4v) is 1.36. The first kappa shape index (κ1) is 8.74. The molecular weight excluding hydrogens is 187 g/mol. The average Bonchev–Trinajstić information content (AvgIpc) is 2.47. The van der Waals surface area contributed by atoms with Crippen LogP contribution in [0.5, 0.6) is 0 Å². The Balaban J connectivity index is 2.76. The van der Waals surface area contributed by atoms with Crippen LogP contribution in [0.3, 0.4) is 0 Å². The molecule has 2 aromatic rings. The van der Waals surface area contributed by atoms with Gasteiger partial charge in [-0.15, -0.1) is 0 Å². The lowest BCUT2D eigenvalue weighted by Crippen LogP contribution is -1.91. The van der Waals surface area contributed by atoms with E-state index in [9.17, 15) is 9.18 Å². The SMILES string of the molecule is Cc1cc(F)c2oc(C(=O)O)cc2c1. The molecule has 0 atom stereocenters. The number of hydrogen-bond acceptors (Lipinski definition) is 2. The van der Waals surface area contributed by atoms with Crippen LogP contribution in [-0.4, -0.2) is 11.1 Å². The van der Waals surface area contributed by atoms with Crippen LogP contribution >= 0.6 is 0 Å². The second-order valence-corrected chi connectivity index (χ2v) is 3.08. The molecule has 0 spiro atoms. The summed E-state index contributed by atoms with van der Waals surface area (Å²) in [6, 6.07) is 4.29. The Morgan fingerprint density at radius 2 is 2.14 bits per heavy atom. The molecule has 0 radical (unpaired) electrons. The van der Waals surface area contributed by atoms with Gasteiger partial charge in [0.2, 0.25) is 5.76 Å². The van der Waals surface area contributed by atoms with E-state index in [0.29, 0.717) is 5.39 Å². The number of carboxylic acid groups (broad SMARTS) is 1. The fourth-order valence-electron chi connectivity index (χ4n) is 1.36. The Bertz CT molecular complexity index is 513. The predicted octanol–water partition coefficient (Wildman–Crippen LogP) is 2.58. The number of furan rings is 1. The molecule has 0 aliphatic heterocycles. The molecule has 72 valence electrons. The molecule has 4 heteroatoms. The third-order valence-electron chi connectivity index (χ3n) is 1.93. The van der Waals surface area contributed by atoms with E-state index < -0.39 is 11.8 Å². The van der Waals surface area contributed by atoms with Crippen molar-refractivity contribution in [2.45, 2.75) is 6.92 Å². The van der Waals surface area contributed by atoms with Crippen molar-refractivity contribution < 1.29 is 18.7 Å². The molecule has 0 fully saturated rings. The van der Waals surface area contributed by atoms with E-state index in [1.165, 1.54) is 12.1 Å². The highest BCUT2D eigenvalue weighted by molar-refractivity contribution is 5.91. The van der Waals surface area contributed by atoms with Crippen molar-refractivity contribution in [1.82, 2.24) is 0 Å². The van der Waals surface area contributed by atoms with Crippen LogP contribution < -0.4 is 0 Å². The third-order valence-corrected chi connectivity index (χ3v) is 1.93. The number of rotatable bonds is 1. The number of hydrogen-bond donors (Lipinski definition) is 1. The van der Waals surface area contributed by atoms with Gasteiger partial charge in [-0.25, -0.2) is 9.18 Å². The van der Waals surface area contributed by atoms with Gasteiger partial charge in [-0.3, -0.25) is 0 Å². The van der Waals surface area contributed by atoms with Crippen LogP contribution in [0, 0.1) is 12.7 Å². The van der Waals surface area contributed by atoms with E-state index in [1.54, 1.807) is 13.0 Å². The van der Waals surface area contributed by atoms with Crippen molar-refractivity contribution in [3.8, 4) is 0 Å². The zero-order chi connectivity index (χ0) is 10.3. The van der Waals surface area contributed by atoms with E-state index in [0.717, 1.165) is 5.56 Å². The van der Waals surface area contributed by atoms with Crippen LogP contribution in [0.1, 0.15) is 16.1 Å². The maximum atomic E-state index is 13.2. The Morgan fingerprint density at radius 1 is 1.43 bits per heavy atom. The first-order chi connectivity index (χ1) is 6.58. The maximum Gasteiger partial charge on any atom is 0.371 e. The topological polar surface area (TPSA) is 50.4 Å². The van der Waals surface area contributed by atoms with Crippen molar-refractivity contribution in [2.75, 3.05) is 0 Å². The zero-order valence-electron chi connectivity index (χ0n) is 7.37. The minimum atomic E-state index is -1.20. The van der Waals surface area contributed by atoms with Crippen LogP contribution in [0.2, 0.25) is 0 Å². The van der Waals surface area contributed by atoms with Gasteiger partial charge in [0.05, 0.1) is 0 Å². The first-order valence-electron chi connectivity index (χ1n) is 4.01. The summed E-state index contributed by atoms with van der Waals surface area (Å²) in [5, 5.41) is 9.10. The van der Waals surface area contributed by atoms with E-state index in [-0.39, 0.29) is 11.3 Å². The van der Waals surface area contributed by atoms with E-state index in [1.807, 2.05) is 0 Å². The monoisotopic (exact) mass is 194 g/mol. The van der Waals surface area contributed by atoms with Gasteiger partial charge < -0.3 is 9.52 Å². The van der Waals surface area contributed by atoms with Gasteiger partial charge in [0, 0.05) is 5.39 Å². The van der Waals surface area contributed by atoms with Crippen LogP contribution in [-0.2, 0) is 0 Å². The molecule has 0 aliphatic rings. The quantitative estimate of drug-likeness (QED) is 0.758. The van der Waals surface area contributed by atoms with Crippen LogP contribution in [0.4, 0.5) is 4.39 Å². The summed E-state index contributed by atoms with van der Waals surface area (Å²) in [5.41, 5.74) is 0.723. The molecule has 2 rings (SSSR count). The number of aromatic carboxylic acids is 1. The minimum absolute atomic E-state index is 0.00648. The number of fused-ring (bicyclic) bond motifs is 1. The number of aryl methyl sites for hydroxylation is 1. The molecule has 0 unspecified atom stereocenters. The highest BCUT2D eigenvalue weighted by Gasteiger charge is 2.13. The molecular formula is C10H7FO3. The molecule has 14 heavy (non-hydrogen) atoms. The van der Waals surface area contributed by atoms with Gasteiger partial charge >= 0.3 is 5.97 Å². The smallest absolute Gasteiger partial charge is 0.371 e. The van der Waals surface area contributed by atoms with Crippen molar-refractivity contribution in [3.63, 3.8) is 0 Å². The maximum absolute atomic E-state index is 13.2. The Kier molecular flexibility index (Phi) is 1.77. The number of carbonyl (C=O) groups is 1. The molecule has 0 saturated heterocycles. The summed E-state index contributed by atoms with van der Waals surface area (Å²) in [5.74, 6) is -1.98. The molecule has 0 bridgehead atoms. The fraction of sp³-hybridized carbons (Fsp3) is 0.100. The van der Waals surface area contributed by atoms with E-state index in [2.05, 4.69) is 0 Å². The molecule has 0 amide bonds. The van der Waals surface area contributed by atoms with Gasteiger partial charge in [-0.2, -0.15) is 0 Å². The molecule has 0 saturated carbocycles. The van der Waals surface area contributed by atoms with Gasteiger partial charge in [0.15, 0.2) is 11.4 Å². The molecule has 3 nitrogen and oxygen atoms in total. The Hall–Kier alpha value is -1.84. The molecule has 1 heterocycles. The van der Waals surface area contributed by atoms with Crippen molar-refractivity contribution in [2.24, 2.45) is 0 Å². The predicted molar refractivity (Wildman–Crippen MR) is 47.9 cm³/mol. The number of halogens is 1. The van der Waals surface area contributed by atoms with E-state index in [4.69, 9.17) is 9.52 Å². The molecule has 1 aromatic heterocycles. The summed E-state index contributed by atoms with van der Waals surface area (Å²) < 4.78 is 18.1. The molecule has 1 N–H and O–H groups in total. The van der Waals surface area contributed by atoms with Crippen LogP contribution in [0.25, 0.3) is 11.0 Å². The van der Waals surface area contributed by atoms with Gasteiger partial charge in [0.1, 0.15) is 0 Å². The summed E-state index contributed by atoms with van der Waals surface area (Å²) >= 11 is 0. The highest BCUT2D eigenvalue weighted by atomic mass is 19.1. The minimum Gasteiger partial charge on any atom is -0.475 e. The summed E-state index contributed by atoms with van der Waals surface area (Å²) in [6.07, 6.45) is 0. The largest absolute Gasteiger partial charge is 0.475 e. The summed E-state index contributed by atoms with van der Waals surface area (Å²) in [6.45, 7) is 1.73. The Labute approximate surface area is 78.8 Å². The van der Waals surface area contributed by atoms with E-state index >= 15 is 0 Å². The number of carboxylic acids is 1. The summed E-state index contributed by atoms with van der Waals surface area (Å²) in [4.78, 5) is 10.6. The average molecular weight is 194 g/mol. The lowest BCUT2D eigenvalue weighted by molar-refractivity contribution is 0.0665. The van der Waals surface area contributed by atoms with Crippen molar-refractivity contribution in [3.05, 3.63) is 35.3 Å². The third kappa shape index (κ3) is 1.25. The Morgan fingerprint density at radius 3 is 2.79 bits per heavy atom. The van der Waals surface area contributed by atoms with Gasteiger partial charge in [0.25, 0.3) is 0 Å². The van der Waals surface area contributed by atoms with Crippen molar-refractivity contribution >= 4 is 16.9 Å². The van der Waals surface area contributed by atoms with Gasteiger partial charge in [-0.05, 0) is 30.7 Å². The lowest BCUT2D eigenvalue weighted by atomic mass is 10.2. The number of benzene rings is 1. The second kappa shape index (κ2) is 2.83. The van der Waals surface area contributed by atoms with Crippen LogP contribution in [0.15, 0.2) is 22.6 Å². The first-order valence-corrected chi connectivity index (χ1v) is 4.01. The highest BCUT2D eigenvalue weighted by Crippen LogP contribution is 2.23.